The monoisotopic (exact) mass is 500 g/mol. The lowest BCUT2D eigenvalue weighted by molar-refractivity contribution is 0.103. The van der Waals surface area contributed by atoms with Crippen LogP contribution in [0.1, 0.15) is 53.6 Å². The van der Waals surface area contributed by atoms with Gasteiger partial charge in [-0.15, -0.1) is 0 Å². The molecule has 37 heavy (non-hydrogen) atoms. The molecule has 0 aliphatic rings. The maximum Gasteiger partial charge on any atom is 0.272 e. The van der Waals surface area contributed by atoms with Crippen LogP contribution in [0.3, 0.4) is 0 Å². The second kappa shape index (κ2) is 10.1. The molecule has 0 bridgehead atoms. The van der Waals surface area contributed by atoms with Crippen molar-refractivity contribution in [2.75, 3.05) is 14.2 Å². The van der Waals surface area contributed by atoms with E-state index in [9.17, 15) is 14.4 Å². The lowest BCUT2D eigenvalue weighted by Crippen LogP contribution is -2.46. The number of nitrogens with one attached hydrogen (secondary N) is 3. The molecule has 0 aliphatic heterocycles. The molecule has 4 aromatic rings. The van der Waals surface area contributed by atoms with Crippen LogP contribution in [0.15, 0.2) is 58.4 Å². The van der Waals surface area contributed by atoms with Crippen molar-refractivity contribution in [1.82, 2.24) is 19.9 Å². The van der Waals surface area contributed by atoms with E-state index in [1.807, 2.05) is 20.8 Å². The molecule has 0 radical (unpaired) electrons. The molecule has 0 unspecified atom stereocenters. The van der Waals surface area contributed by atoms with Crippen LogP contribution in [0.4, 0.5) is 0 Å². The third kappa shape index (κ3) is 5.45. The SMILES string of the molecule is COc1ccc(C(=O)c2cccc(/C=c3\[nH]c(=O)/c(=C/c4nc[nH]c4C(C)(C)C)[nH]c3=O)c2)c(OC)c1. The normalized spacial score (nSPS) is 12.6. The number of rotatable bonds is 6. The molecule has 0 spiro atoms. The molecule has 2 heterocycles. The Morgan fingerprint density at radius 2 is 1.62 bits per heavy atom. The zero-order chi connectivity index (χ0) is 26.7. The molecular weight excluding hydrogens is 472 g/mol. The van der Waals surface area contributed by atoms with Gasteiger partial charge in [0.05, 0.1) is 31.8 Å². The van der Waals surface area contributed by atoms with Gasteiger partial charge in [-0.25, -0.2) is 4.98 Å². The van der Waals surface area contributed by atoms with E-state index in [-0.39, 0.29) is 21.9 Å². The first kappa shape index (κ1) is 25.4. The van der Waals surface area contributed by atoms with E-state index < -0.39 is 11.1 Å². The minimum absolute atomic E-state index is 0.0619. The first-order valence-electron chi connectivity index (χ1n) is 11.6. The Morgan fingerprint density at radius 1 is 0.919 bits per heavy atom. The van der Waals surface area contributed by atoms with Crippen LogP contribution in [0.25, 0.3) is 12.2 Å². The highest BCUT2D eigenvalue weighted by Gasteiger charge is 2.19. The molecule has 2 aromatic carbocycles. The predicted octanol–water partition coefficient (Wildman–Crippen LogP) is 1.99. The molecule has 0 atom stereocenters. The molecular formula is C28H28N4O5. The van der Waals surface area contributed by atoms with Crippen LogP contribution in [0.2, 0.25) is 0 Å². The standard InChI is InChI=1S/C28H28N4O5/c1-28(2,3)25-20(29-15-30-25)14-22-27(35)31-21(26(34)32-22)12-16-7-6-8-17(11-16)24(33)19-10-9-18(36-4)13-23(19)37-5/h6-15H,1-5H3,(H,29,30)(H,31,35)(H,32,34)/b21-12-,22-14-. The highest BCUT2D eigenvalue weighted by molar-refractivity contribution is 6.11. The number of carbonyl (C=O) groups excluding carboxylic acids is 1. The Bertz CT molecular complexity index is 1700. The molecule has 3 N–H and O–H groups in total. The summed E-state index contributed by atoms with van der Waals surface area (Å²) in [6, 6.07) is 11.7. The third-order valence-corrected chi connectivity index (χ3v) is 5.80. The van der Waals surface area contributed by atoms with Crippen LogP contribution in [0, 0.1) is 0 Å². The van der Waals surface area contributed by atoms with Crippen LogP contribution in [-0.2, 0) is 5.41 Å². The van der Waals surface area contributed by atoms with Gasteiger partial charge in [-0.2, -0.15) is 0 Å². The Hall–Kier alpha value is -4.66. The second-order valence-electron chi connectivity index (χ2n) is 9.46. The largest absolute Gasteiger partial charge is 0.497 e. The maximum atomic E-state index is 13.2. The summed E-state index contributed by atoms with van der Waals surface area (Å²) in [6.07, 6.45) is 4.61. The van der Waals surface area contributed by atoms with E-state index in [2.05, 4.69) is 19.9 Å². The number of methoxy groups -OCH3 is 2. The molecule has 0 aliphatic carbocycles. The Balaban J connectivity index is 1.72. The zero-order valence-corrected chi connectivity index (χ0v) is 21.3. The third-order valence-electron chi connectivity index (χ3n) is 5.80. The predicted molar refractivity (Wildman–Crippen MR) is 141 cm³/mol. The Morgan fingerprint density at radius 3 is 2.27 bits per heavy atom. The number of carbonyl (C=O) groups is 1. The number of ketones is 1. The number of aromatic nitrogens is 4. The van der Waals surface area contributed by atoms with Crippen LogP contribution in [0.5, 0.6) is 11.5 Å². The van der Waals surface area contributed by atoms with E-state index >= 15 is 0 Å². The number of hydrogen-bond acceptors (Lipinski definition) is 6. The van der Waals surface area contributed by atoms with Gasteiger partial charge in [-0.3, -0.25) is 14.4 Å². The van der Waals surface area contributed by atoms with Crippen LogP contribution < -0.4 is 31.3 Å². The molecule has 2 aromatic heterocycles. The summed E-state index contributed by atoms with van der Waals surface area (Å²) in [7, 11) is 3.02. The Kier molecular flexibility index (Phi) is 6.97. The van der Waals surface area contributed by atoms with Gasteiger partial charge >= 0.3 is 0 Å². The van der Waals surface area contributed by atoms with Crippen molar-refractivity contribution < 1.29 is 14.3 Å². The molecule has 0 amide bonds. The van der Waals surface area contributed by atoms with Crippen molar-refractivity contribution in [1.29, 1.82) is 0 Å². The summed E-state index contributed by atoms with van der Waals surface area (Å²) in [5.41, 5.74) is 1.59. The van der Waals surface area contributed by atoms with Crippen molar-refractivity contribution in [3.05, 3.63) is 108 Å². The van der Waals surface area contributed by atoms with Gasteiger partial charge in [0.2, 0.25) is 0 Å². The van der Waals surface area contributed by atoms with Crippen molar-refractivity contribution in [2.45, 2.75) is 26.2 Å². The minimum Gasteiger partial charge on any atom is -0.497 e. The summed E-state index contributed by atoms with van der Waals surface area (Å²) >= 11 is 0. The van der Waals surface area contributed by atoms with Gasteiger partial charge in [0.25, 0.3) is 11.1 Å². The van der Waals surface area contributed by atoms with Gasteiger partial charge in [-0.1, -0.05) is 39.0 Å². The smallest absolute Gasteiger partial charge is 0.272 e. The van der Waals surface area contributed by atoms with Crippen LogP contribution >= 0.6 is 0 Å². The summed E-state index contributed by atoms with van der Waals surface area (Å²) < 4.78 is 10.6. The average Bonchev–Trinajstić information content (AvgIpc) is 3.35. The fourth-order valence-electron chi connectivity index (χ4n) is 3.93. The molecule has 4 rings (SSSR count). The summed E-state index contributed by atoms with van der Waals surface area (Å²) in [5.74, 6) is 0.704. The number of H-pyrrole nitrogens is 3. The number of benzene rings is 2. The summed E-state index contributed by atoms with van der Waals surface area (Å²) in [6.45, 7) is 6.06. The van der Waals surface area contributed by atoms with Gasteiger partial charge in [0, 0.05) is 22.7 Å². The number of nitrogens with zero attached hydrogens (tertiary/aromatic N) is 1. The first-order chi connectivity index (χ1) is 17.6. The van der Waals surface area contributed by atoms with E-state index in [0.29, 0.717) is 33.9 Å². The second-order valence-corrected chi connectivity index (χ2v) is 9.46. The van der Waals surface area contributed by atoms with Crippen molar-refractivity contribution in [2.24, 2.45) is 0 Å². The quantitative estimate of drug-likeness (QED) is 0.347. The summed E-state index contributed by atoms with van der Waals surface area (Å²) in [4.78, 5) is 51.3. The Labute approximate surface area is 212 Å². The van der Waals surface area contributed by atoms with Gasteiger partial charge in [-0.05, 0) is 35.9 Å². The number of ether oxygens (including phenoxy) is 2. The molecule has 0 saturated heterocycles. The zero-order valence-electron chi connectivity index (χ0n) is 21.3. The number of aromatic amines is 3. The van der Waals surface area contributed by atoms with Crippen molar-refractivity contribution in [3.8, 4) is 11.5 Å². The average molecular weight is 501 g/mol. The first-order valence-corrected chi connectivity index (χ1v) is 11.6. The van der Waals surface area contributed by atoms with E-state index in [4.69, 9.17) is 9.47 Å². The molecule has 9 heteroatoms. The van der Waals surface area contributed by atoms with E-state index in [1.165, 1.54) is 20.3 Å². The summed E-state index contributed by atoms with van der Waals surface area (Å²) in [5, 5.41) is 0.155. The van der Waals surface area contributed by atoms with Crippen molar-refractivity contribution >= 4 is 17.9 Å². The fourth-order valence-corrected chi connectivity index (χ4v) is 3.93. The van der Waals surface area contributed by atoms with E-state index in [0.717, 1.165) is 5.69 Å². The fraction of sp³-hybridized carbons (Fsp3) is 0.214. The molecule has 190 valence electrons. The lowest BCUT2D eigenvalue weighted by atomic mass is 9.90. The van der Waals surface area contributed by atoms with Gasteiger partial charge in [0.15, 0.2) is 5.78 Å². The molecule has 9 nitrogen and oxygen atoms in total. The number of imidazole rings is 1. The van der Waals surface area contributed by atoms with Crippen molar-refractivity contribution in [3.63, 3.8) is 0 Å². The topological polar surface area (TPSA) is 130 Å². The molecule has 0 saturated carbocycles. The maximum absolute atomic E-state index is 13.2. The highest BCUT2D eigenvalue weighted by atomic mass is 16.5. The van der Waals surface area contributed by atoms with Gasteiger partial charge < -0.3 is 24.4 Å². The van der Waals surface area contributed by atoms with E-state index in [1.54, 1.807) is 54.9 Å². The minimum atomic E-state index is -0.479. The van der Waals surface area contributed by atoms with Crippen LogP contribution in [-0.4, -0.2) is 39.9 Å². The number of hydrogen-bond donors (Lipinski definition) is 3. The van der Waals surface area contributed by atoms with Gasteiger partial charge in [0.1, 0.15) is 22.2 Å². The molecule has 0 fully saturated rings. The lowest BCUT2D eigenvalue weighted by Gasteiger charge is -2.16. The highest BCUT2D eigenvalue weighted by Crippen LogP contribution is 2.27.